The van der Waals surface area contributed by atoms with Gasteiger partial charge in [0.05, 0.1) is 29.4 Å². The first-order valence-corrected chi connectivity index (χ1v) is 12.8. The van der Waals surface area contributed by atoms with Crippen LogP contribution in [0.4, 0.5) is 5.69 Å². The number of ether oxygens (including phenoxy) is 1. The molecule has 1 atom stereocenters. The van der Waals surface area contributed by atoms with Crippen molar-refractivity contribution in [3.63, 3.8) is 0 Å². The standard InChI is InChI=1S/C21H26N4O6S2/c1-14(32-21-23-16(12-18(26)24-21)13-19(27)31-2)20(28)22-15-6-8-17(9-7-15)33(29,30)25-10-4-3-5-11-25/h6-9,12,14H,3-5,10-11,13H2,1-2H3,(H,22,28)(H,23,24,26)/t14-/m1/s1. The fraction of sp³-hybridized carbons (Fsp3) is 0.429. The van der Waals surface area contributed by atoms with Crippen LogP contribution >= 0.6 is 11.8 Å². The summed E-state index contributed by atoms with van der Waals surface area (Å²) in [5.41, 5.74) is 0.252. The Balaban J connectivity index is 1.63. The number of methoxy groups -OCH3 is 1. The molecule has 0 bridgehead atoms. The van der Waals surface area contributed by atoms with Gasteiger partial charge in [0.1, 0.15) is 0 Å². The van der Waals surface area contributed by atoms with Gasteiger partial charge in [0.15, 0.2) is 5.16 Å². The molecule has 0 radical (unpaired) electrons. The van der Waals surface area contributed by atoms with Crippen molar-refractivity contribution >= 4 is 39.3 Å². The van der Waals surface area contributed by atoms with Crippen molar-refractivity contribution in [1.29, 1.82) is 0 Å². The van der Waals surface area contributed by atoms with E-state index < -0.39 is 26.8 Å². The van der Waals surface area contributed by atoms with E-state index in [9.17, 15) is 22.8 Å². The van der Waals surface area contributed by atoms with Crippen molar-refractivity contribution in [3.05, 3.63) is 46.4 Å². The smallest absolute Gasteiger partial charge is 0.311 e. The van der Waals surface area contributed by atoms with Crippen molar-refractivity contribution in [2.75, 3.05) is 25.5 Å². The van der Waals surface area contributed by atoms with Crippen LogP contribution in [0.25, 0.3) is 0 Å². The minimum atomic E-state index is -3.54. The average Bonchev–Trinajstić information content (AvgIpc) is 2.79. The molecule has 2 aromatic rings. The molecule has 1 aromatic heterocycles. The number of rotatable bonds is 8. The summed E-state index contributed by atoms with van der Waals surface area (Å²) in [6, 6.07) is 7.25. The van der Waals surface area contributed by atoms with Crippen molar-refractivity contribution in [2.45, 2.75) is 47.9 Å². The third kappa shape index (κ3) is 6.65. The zero-order valence-electron chi connectivity index (χ0n) is 18.4. The Labute approximate surface area is 196 Å². The molecular formula is C21H26N4O6S2. The van der Waals surface area contributed by atoms with Gasteiger partial charge in [0.25, 0.3) is 5.56 Å². The van der Waals surface area contributed by atoms with Gasteiger partial charge in [-0.05, 0) is 44.0 Å². The Hall–Kier alpha value is -2.70. The summed E-state index contributed by atoms with van der Waals surface area (Å²) in [5, 5.41) is 2.30. The fourth-order valence-corrected chi connectivity index (χ4v) is 5.63. The Kier molecular flexibility index (Phi) is 8.27. The topological polar surface area (TPSA) is 139 Å². The Morgan fingerprint density at radius 3 is 2.52 bits per heavy atom. The number of carbonyl (C=O) groups is 2. The average molecular weight is 495 g/mol. The lowest BCUT2D eigenvalue weighted by atomic mass is 10.2. The molecule has 1 amide bonds. The quantitative estimate of drug-likeness (QED) is 0.322. The lowest BCUT2D eigenvalue weighted by Gasteiger charge is -2.25. The first-order valence-electron chi connectivity index (χ1n) is 10.4. The van der Waals surface area contributed by atoms with Crippen LogP contribution in [0.2, 0.25) is 0 Å². The summed E-state index contributed by atoms with van der Waals surface area (Å²) in [7, 11) is -2.30. The summed E-state index contributed by atoms with van der Waals surface area (Å²) in [5.74, 6) is -0.881. The fourth-order valence-electron chi connectivity index (χ4n) is 3.28. The van der Waals surface area contributed by atoms with E-state index in [-0.39, 0.29) is 28.1 Å². The number of thioether (sulfide) groups is 1. The van der Waals surface area contributed by atoms with E-state index >= 15 is 0 Å². The van der Waals surface area contributed by atoms with E-state index in [1.54, 1.807) is 19.1 Å². The van der Waals surface area contributed by atoms with Gasteiger partial charge in [-0.2, -0.15) is 4.31 Å². The van der Waals surface area contributed by atoms with Crippen LogP contribution in [0.5, 0.6) is 0 Å². The lowest BCUT2D eigenvalue weighted by Crippen LogP contribution is -2.35. The maximum absolute atomic E-state index is 12.7. The number of carbonyl (C=O) groups excluding carboxylic acids is 2. The molecule has 2 heterocycles. The Bertz CT molecular complexity index is 1160. The lowest BCUT2D eigenvalue weighted by molar-refractivity contribution is -0.139. The number of H-pyrrole nitrogens is 1. The molecule has 10 nitrogen and oxygen atoms in total. The molecule has 1 saturated heterocycles. The summed E-state index contributed by atoms with van der Waals surface area (Å²) in [6.45, 7) is 2.68. The number of esters is 1. The highest BCUT2D eigenvalue weighted by Crippen LogP contribution is 2.23. The van der Waals surface area contributed by atoms with E-state index in [1.807, 2.05) is 0 Å². The number of nitrogens with zero attached hydrogens (tertiary/aromatic N) is 2. The third-order valence-electron chi connectivity index (χ3n) is 5.06. The monoisotopic (exact) mass is 494 g/mol. The maximum Gasteiger partial charge on any atom is 0.311 e. The number of hydrogen-bond donors (Lipinski definition) is 2. The Morgan fingerprint density at radius 2 is 1.88 bits per heavy atom. The highest BCUT2D eigenvalue weighted by Gasteiger charge is 2.26. The van der Waals surface area contributed by atoms with Crippen LogP contribution < -0.4 is 10.9 Å². The van der Waals surface area contributed by atoms with Gasteiger partial charge in [-0.1, -0.05) is 18.2 Å². The predicted molar refractivity (Wildman–Crippen MR) is 124 cm³/mol. The van der Waals surface area contributed by atoms with Gasteiger partial charge in [-0.3, -0.25) is 14.4 Å². The minimum absolute atomic E-state index is 0.152. The number of aromatic amines is 1. The largest absolute Gasteiger partial charge is 0.469 e. The summed E-state index contributed by atoms with van der Waals surface area (Å²) >= 11 is 1.03. The normalized spacial score (nSPS) is 15.6. The molecule has 0 aliphatic carbocycles. The predicted octanol–water partition coefficient (Wildman–Crippen LogP) is 1.78. The first kappa shape index (κ1) is 24.9. The first-order chi connectivity index (χ1) is 15.7. The molecular weight excluding hydrogens is 468 g/mol. The molecule has 1 aromatic carbocycles. The van der Waals surface area contributed by atoms with E-state index in [4.69, 9.17) is 0 Å². The van der Waals surface area contributed by atoms with Crippen molar-refractivity contribution in [3.8, 4) is 0 Å². The maximum atomic E-state index is 12.7. The second-order valence-corrected chi connectivity index (χ2v) is 10.8. The molecule has 1 aliphatic heterocycles. The van der Waals surface area contributed by atoms with Gasteiger partial charge in [-0.25, -0.2) is 13.4 Å². The number of nitrogens with one attached hydrogen (secondary N) is 2. The van der Waals surface area contributed by atoms with Crippen LogP contribution in [-0.2, 0) is 30.8 Å². The molecule has 1 aliphatic rings. The third-order valence-corrected chi connectivity index (χ3v) is 7.96. The number of hydrogen-bond acceptors (Lipinski definition) is 8. The minimum Gasteiger partial charge on any atom is -0.469 e. The van der Waals surface area contributed by atoms with Gasteiger partial charge in [0.2, 0.25) is 15.9 Å². The zero-order chi connectivity index (χ0) is 24.0. The van der Waals surface area contributed by atoms with E-state index in [2.05, 4.69) is 20.0 Å². The number of amides is 1. The number of sulfonamides is 1. The van der Waals surface area contributed by atoms with Crippen LogP contribution in [0, 0.1) is 0 Å². The number of anilines is 1. The second kappa shape index (κ2) is 10.9. The van der Waals surface area contributed by atoms with E-state index in [0.717, 1.165) is 31.0 Å². The molecule has 0 unspecified atom stereocenters. The number of benzene rings is 1. The highest BCUT2D eigenvalue weighted by molar-refractivity contribution is 8.00. The molecule has 178 valence electrons. The number of aromatic nitrogens is 2. The van der Waals surface area contributed by atoms with Gasteiger partial charge in [-0.15, -0.1) is 0 Å². The molecule has 2 N–H and O–H groups in total. The van der Waals surface area contributed by atoms with Crippen LogP contribution in [-0.4, -0.2) is 60.0 Å². The second-order valence-electron chi connectivity index (χ2n) is 7.53. The molecule has 33 heavy (non-hydrogen) atoms. The van der Waals surface area contributed by atoms with Crippen LogP contribution in [0.3, 0.4) is 0 Å². The molecule has 0 spiro atoms. The van der Waals surface area contributed by atoms with E-state index in [1.165, 1.54) is 29.6 Å². The summed E-state index contributed by atoms with van der Waals surface area (Å²) in [6.07, 6.45) is 2.59. The molecule has 3 rings (SSSR count). The van der Waals surface area contributed by atoms with Gasteiger partial charge < -0.3 is 15.0 Å². The molecule has 1 fully saturated rings. The van der Waals surface area contributed by atoms with Crippen molar-refractivity contribution in [1.82, 2.24) is 14.3 Å². The SMILES string of the molecule is COC(=O)Cc1cc(=O)[nH]c(S[C@H](C)C(=O)Nc2ccc(S(=O)(=O)N3CCCCC3)cc2)n1. The van der Waals surface area contributed by atoms with Gasteiger partial charge >= 0.3 is 5.97 Å². The van der Waals surface area contributed by atoms with Crippen LogP contribution in [0.15, 0.2) is 45.2 Å². The van der Waals surface area contributed by atoms with Crippen molar-refractivity contribution < 1.29 is 22.7 Å². The molecule has 12 heteroatoms. The summed E-state index contributed by atoms with van der Waals surface area (Å²) < 4.78 is 31.6. The zero-order valence-corrected chi connectivity index (χ0v) is 20.0. The number of piperidine rings is 1. The molecule has 0 saturated carbocycles. The highest BCUT2D eigenvalue weighted by atomic mass is 32.2. The van der Waals surface area contributed by atoms with Crippen molar-refractivity contribution in [2.24, 2.45) is 0 Å². The Morgan fingerprint density at radius 1 is 1.21 bits per heavy atom. The van der Waals surface area contributed by atoms with Crippen LogP contribution in [0.1, 0.15) is 31.9 Å². The van der Waals surface area contributed by atoms with Gasteiger partial charge in [0, 0.05) is 24.8 Å². The van der Waals surface area contributed by atoms with E-state index in [0.29, 0.717) is 18.8 Å². The summed E-state index contributed by atoms with van der Waals surface area (Å²) in [4.78, 5) is 42.8.